The minimum Gasteiger partial charge on any atom is -0.312 e. The van der Waals surface area contributed by atoms with Crippen LogP contribution in [0.2, 0.25) is 0 Å². The molecule has 16 heavy (non-hydrogen) atoms. The third-order valence-corrected chi connectivity index (χ3v) is 2.20. The van der Waals surface area contributed by atoms with Crippen molar-refractivity contribution in [1.82, 2.24) is 5.32 Å². The highest BCUT2D eigenvalue weighted by Crippen LogP contribution is 2.18. The van der Waals surface area contributed by atoms with Gasteiger partial charge < -0.3 is 10.6 Å². The van der Waals surface area contributed by atoms with Gasteiger partial charge in [0.15, 0.2) is 0 Å². The van der Waals surface area contributed by atoms with Crippen LogP contribution in [0.4, 0.5) is 10.5 Å². The Balaban J connectivity index is 2.59. The Labute approximate surface area is 98.3 Å². The van der Waals surface area contributed by atoms with E-state index in [1.54, 1.807) is 31.2 Å². The van der Waals surface area contributed by atoms with Crippen LogP contribution in [-0.2, 0) is 0 Å². The van der Waals surface area contributed by atoms with Gasteiger partial charge in [0.25, 0.3) is 0 Å². The summed E-state index contributed by atoms with van der Waals surface area (Å²) >= 11 is 1.08. The number of hydrogen-bond donors (Lipinski definition) is 2. The van der Waals surface area contributed by atoms with E-state index in [1.165, 1.54) is 0 Å². The average Bonchev–Trinajstić information content (AvgIpc) is 2.20. The number of carbonyl (C=O) groups excluding carboxylic acids is 1. The number of hydrogen-bond acceptors (Lipinski definition) is 3. The van der Waals surface area contributed by atoms with E-state index in [9.17, 15) is 4.79 Å². The topological polar surface area (TPSA) is 64.9 Å². The number of allylic oxidation sites excluding steroid dienone is 1. The van der Waals surface area contributed by atoms with Crippen LogP contribution in [0.1, 0.15) is 6.92 Å². The monoisotopic (exact) mass is 233 g/mol. The molecule has 0 atom stereocenters. The van der Waals surface area contributed by atoms with Crippen LogP contribution in [0.25, 0.3) is 0 Å². The molecule has 0 spiro atoms. The van der Waals surface area contributed by atoms with Crippen molar-refractivity contribution in [2.75, 3.05) is 5.32 Å². The molecule has 1 aromatic rings. The number of urea groups is 1. The first-order valence-corrected chi connectivity index (χ1v) is 5.33. The van der Waals surface area contributed by atoms with Crippen molar-refractivity contribution in [2.45, 2.75) is 11.8 Å². The lowest BCUT2D eigenvalue weighted by molar-refractivity contribution is 0.254. The van der Waals surface area contributed by atoms with Crippen LogP contribution < -0.4 is 10.6 Å². The van der Waals surface area contributed by atoms with Crippen molar-refractivity contribution >= 4 is 23.5 Å². The molecular formula is C11H11N3OS. The van der Waals surface area contributed by atoms with Gasteiger partial charge in [-0.15, -0.1) is 0 Å². The number of thiocyanates is 1. The van der Waals surface area contributed by atoms with E-state index in [4.69, 9.17) is 5.26 Å². The summed E-state index contributed by atoms with van der Waals surface area (Å²) in [5.41, 5.74) is 1.25. The Bertz CT molecular complexity index is 434. The highest BCUT2D eigenvalue weighted by atomic mass is 32.2. The maximum absolute atomic E-state index is 11.3. The van der Waals surface area contributed by atoms with E-state index in [1.807, 2.05) is 5.40 Å². The van der Waals surface area contributed by atoms with Crippen molar-refractivity contribution in [3.63, 3.8) is 0 Å². The zero-order chi connectivity index (χ0) is 12.0. The van der Waals surface area contributed by atoms with Crippen LogP contribution in [-0.4, -0.2) is 6.03 Å². The summed E-state index contributed by atoms with van der Waals surface area (Å²) in [5, 5.41) is 15.6. The van der Waals surface area contributed by atoms with Gasteiger partial charge in [0.2, 0.25) is 0 Å². The van der Waals surface area contributed by atoms with Gasteiger partial charge in [0.05, 0.1) is 0 Å². The fourth-order valence-corrected chi connectivity index (χ4v) is 1.39. The predicted molar refractivity (Wildman–Crippen MR) is 64.9 cm³/mol. The Morgan fingerprint density at radius 1 is 1.44 bits per heavy atom. The molecule has 2 N–H and O–H groups in total. The van der Waals surface area contributed by atoms with Gasteiger partial charge in [-0.3, -0.25) is 0 Å². The van der Waals surface area contributed by atoms with Gasteiger partial charge in [-0.25, -0.2) is 4.79 Å². The number of nitrogens with zero attached hydrogens (tertiary/aromatic N) is 1. The number of carbonyl (C=O) groups is 1. The Kier molecular flexibility index (Phi) is 4.42. The molecule has 5 heteroatoms. The lowest BCUT2D eigenvalue weighted by Crippen LogP contribution is -2.26. The molecule has 0 fully saturated rings. The first-order valence-electron chi connectivity index (χ1n) is 4.51. The standard InChI is InChI=1S/C11H11N3OS/c1-8(2)13-11(15)14-9-3-5-10(6-4-9)16-7-12/h3-6H,1H2,2H3,(H2,13,14,15). The highest BCUT2D eigenvalue weighted by Gasteiger charge is 2.00. The molecule has 0 saturated carbocycles. The fourth-order valence-electron chi connectivity index (χ4n) is 1.02. The number of thioether (sulfide) groups is 1. The van der Waals surface area contributed by atoms with Crippen molar-refractivity contribution in [3.8, 4) is 5.40 Å². The molecule has 0 heterocycles. The molecule has 82 valence electrons. The third kappa shape index (κ3) is 4.07. The summed E-state index contributed by atoms with van der Waals surface area (Å²) < 4.78 is 0. The Morgan fingerprint density at radius 3 is 2.56 bits per heavy atom. The lowest BCUT2D eigenvalue weighted by Gasteiger charge is -2.06. The van der Waals surface area contributed by atoms with E-state index in [0.717, 1.165) is 16.7 Å². The zero-order valence-corrected chi connectivity index (χ0v) is 9.60. The third-order valence-electron chi connectivity index (χ3n) is 1.60. The molecule has 2 amide bonds. The largest absolute Gasteiger partial charge is 0.323 e. The van der Waals surface area contributed by atoms with Gasteiger partial charge in [0, 0.05) is 16.3 Å². The molecule has 0 aliphatic carbocycles. The summed E-state index contributed by atoms with van der Waals surface area (Å²) in [6, 6.07) is 6.68. The maximum atomic E-state index is 11.3. The van der Waals surface area contributed by atoms with Crippen LogP contribution in [0.3, 0.4) is 0 Å². The van der Waals surface area contributed by atoms with Gasteiger partial charge in [-0.05, 0) is 43.0 Å². The van der Waals surface area contributed by atoms with Crippen molar-refractivity contribution in [2.24, 2.45) is 0 Å². The highest BCUT2D eigenvalue weighted by molar-refractivity contribution is 8.03. The Morgan fingerprint density at radius 2 is 2.06 bits per heavy atom. The number of rotatable bonds is 3. The summed E-state index contributed by atoms with van der Waals surface area (Å²) in [5.74, 6) is 0. The summed E-state index contributed by atoms with van der Waals surface area (Å²) in [7, 11) is 0. The van der Waals surface area contributed by atoms with Gasteiger partial charge in [-0.1, -0.05) is 6.58 Å². The van der Waals surface area contributed by atoms with E-state index in [-0.39, 0.29) is 6.03 Å². The van der Waals surface area contributed by atoms with Crippen molar-refractivity contribution in [3.05, 3.63) is 36.5 Å². The van der Waals surface area contributed by atoms with E-state index >= 15 is 0 Å². The summed E-state index contributed by atoms with van der Waals surface area (Å²) in [4.78, 5) is 12.1. The number of benzene rings is 1. The molecule has 0 unspecified atom stereocenters. The summed E-state index contributed by atoms with van der Waals surface area (Å²) in [6.45, 7) is 5.26. The number of anilines is 1. The predicted octanol–water partition coefficient (Wildman–Crippen LogP) is 2.91. The molecule has 0 bridgehead atoms. The second kappa shape index (κ2) is 5.83. The smallest absolute Gasteiger partial charge is 0.312 e. The van der Waals surface area contributed by atoms with Gasteiger partial charge in [0.1, 0.15) is 5.40 Å². The summed E-state index contributed by atoms with van der Waals surface area (Å²) in [6.07, 6.45) is 0. The van der Waals surface area contributed by atoms with E-state index in [2.05, 4.69) is 17.2 Å². The molecule has 1 aromatic carbocycles. The van der Waals surface area contributed by atoms with Crippen LogP contribution >= 0.6 is 11.8 Å². The SMILES string of the molecule is C=C(C)NC(=O)Nc1ccc(SC#N)cc1. The molecule has 0 aliphatic heterocycles. The van der Waals surface area contributed by atoms with E-state index in [0.29, 0.717) is 11.4 Å². The average molecular weight is 233 g/mol. The normalized spacial score (nSPS) is 9.00. The first-order chi connectivity index (χ1) is 7.61. The molecule has 1 rings (SSSR count). The van der Waals surface area contributed by atoms with E-state index < -0.39 is 0 Å². The van der Waals surface area contributed by atoms with Crippen LogP contribution in [0.5, 0.6) is 0 Å². The first kappa shape index (κ1) is 12.1. The second-order valence-corrected chi connectivity index (χ2v) is 3.94. The molecule has 4 nitrogen and oxygen atoms in total. The number of nitrogens with one attached hydrogen (secondary N) is 2. The van der Waals surface area contributed by atoms with Crippen molar-refractivity contribution < 1.29 is 4.79 Å². The fraction of sp³-hybridized carbons (Fsp3) is 0.0909. The number of nitriles is 1. The molecule has 0 saturated heterocycles. The van der Waals surface area contributed by atoms with Gasteiger partial charge in [-0.2, -0.15) is 5.26 Å². The van der Waals surface area contributed by atoms with Gasteiger partial charge >= 0.3 is 6.03 Å². The second-order valence-electron chi connectivity index (χ2n) is 3.08. The molecular weight excluding hydrogens is 222 g/mol. The minimum atomic E-state index is -0.326. The number of amides is 2. The quantitative estimate of drug-likeness (QED) is 0.623. The van der Waals surface area contributed by atoms with Crippen molar-refractivity contribution in [1.29, 1.82) is 5.26 Å². The maximum Gasteiger partial charge on any atom is 0.323 e. The zero-order valence-electron chi connectivity index (χ0n) is 8.78. The van der Waals surface area contributed by atoms with Crippen LogP contribution in [0.15, 0.2) is 41.4 Å². The minimum absolute atomic E-state index is 0.326. The Hall–Kier alpha value is -1.93. The molecule has 0 aliphatic rings. The van der Waals surface area contributed by atoms with Crippen LogP contribution in [0, 0.1) is 10.7 Å². The molecule has 0 radical (unpaired) electrons. The molecule has 0 aromatic heterocycles. The lowest BCUT2D eigenvalue weighted by atomic mass is 10.3.